The van der Waals surface area contributed by atoms with Crippen LogP contribution in [0.1, 0.15) is 10.4 Å². The van der Waals surface area contributed by atoms with E-state index < -0.39 is 34.7 Å². The Hall–Kier alpha value is -3.89. The van der Waals surface area contributed by atoms with Gasteiger partial charge in [-0.2, -0.15) is 4.39 Å². The first kappa shape index (κ1) is 21.3. The van der Waals surface area contributed by atoms with Crippen LogP contribution in [0.4, 0.5) is 30.5 Å². The molecule has 1 aliphatic heterocycles. The summed E-state index contributed by atoms with van der Waals surface area (Å²) in [7, 11) is 1.01. The lowest BCUT2D eigenvalue weighted by molar-refractivity contribution is 0.0740. The summed E-state index contributed by atoms with van der Waals surface area (Å²) in [5.74, 6) is -4.49. The number of methoxy groups -OCH3 is 1. The van der Waals surface area contributed by atoms with Gasteiger partial charge in [-0.05, 0) is 30.3 Å². The van der Waals surface area contributed by atoms with E-state index in [4.69, 9.17) is 0 Å². The van der Waals surface area contributed by atoms with Crippen LogP contribution in [0.5, 0.6) is 5.75 Å². The topological polar surface area (TPSA) is 83.5 Å². The van der Waals surface area contributed by atoms with Crippen molar-refractivity contribution in [3.8, 4) is 5.75 Å². The molecule has 8 nitrogen and oxygen atoms in total. The van der Waals surface area contributed by atoms with E-state index in [1.54, 1.807) is 36.7 Å². The summed E-state index contributed by atoms with van der Waals surface area (Å²) >= 11 is 0. The van der Waals surface area contributed by atoms with Crippen LogP contribution >= 0.6 is 0 Å². The van der Waals surface area contributed by atoms with Crippen molar-refractivity contribution < 1.29 is 22.7 Å². The number of rotatable bonds is 5. The molecule has 32 heavy (non-hydrogen) atoms. The van der Waals surface area contributed by atoms with Crippen molar-refractivity contribution in [3.63, 3.8) is 0 Å². The Bertz CT molecular complexity index is 1110. The molecule has 0 unspecified atom stereocenters. The number of hydrogen-bond donors (Lipinski definition) is 1. The minimum atomic E-state index is -1.47. The Labute approximate surface area is 181 Å². The van der Waals surface area contributed by atoms with E-state index in [9.17, 15) is 18.0 Å². The van der Waals surface area contributed by atoms with Gasteiger partial charge in [0.15, 0.2) is 29.0 Å². The summed E-state index contributed by atoms with van der Waals surface area (Å²) in [6, 6.07) is 7.74. The van der Waals surface area contributed by atoms with Crippen molar-refractivity contribution in [3.05, 3.63) is 65.7 Å². The smallest absolute Gasteiger partial charge is 0.257 e. The molecular weight excluding hydrogens is 425 g/mol. The van der Waals surface area contributed by atoms with Gasteiger partial charge in [-0.25, -0.2) is 8.78 Å². The second kappa shape index (κ2) is 9.08. The molecule has 1 fully saturated rings. The van der Waals surface area contributed by atoms with Crippen molar-refractivity contribution >= 4 is 23.2 Å². The predicted molar refractivity (Wildman–Crippen MR) is 111 cm³/mol. The van der Waals surface area contributed by atoms with Gasteiger partial charge >= 0.3 is 0 Å². The molecule has 1 amide bonds. The number of ether oxygens (including phenoxy) is 1. The lowest BCUT2D eigenvalue weighted by Gasteiger charge is -2.35. The molecule has 1 aromatic carbocycles. The highest BCUT2D eigenvalue weighted by Crippen LogP contribution is 2.28. The Balaban J connectivity index is 1.40. The number of pyridine rings is 1. The van der Waals surface area contributed by atoms with Crippen LogP contribution in [-0.4, -0.2) is 59.3 Å². The second-order valence-corrected chi connectivity index (χ2v) is 6.98. The molecule has 0 saturated carbocycles. The third-order valence-corrected chi connectivity index (χ3v) is 5.04. The molecule has 1 N–H and O–H groups in total. The average Bonchev–Trinajstić information content (AvgIpc) is 2.83. The Kier molecular flexibility index (Phi) is 6.06. The van der Waals surface area contributed by atoms with Crippen LogP contribution in [0, 0.1) is 17.5 Å². The first-order valence-electron chi connectivity index (χ1n) is 9.74. The molecule has 2 aromatic heterocycles. The number of carbonyl (C=O) groups is 1. The molecular formula is C21H19F3N6O2. The monoisotopic (exact) mass is 444 g/mol. The van der Waals surface area contributed by atoms with E-state index in [0.29, 0.717) is 30.8 Å². The summed E-state index contributed by atoms with van der Waals surface area (Å²) in [4.78, 5) is 19.9. The quantitative estimate of drug-likeness (QED) is 0.606. The zero-order valence-corrected chi connectivity index (χ0v) is 17.1. The molecule has 0 radical (unpaired) electrons. The van der Waals surface area contributed by atoms with Crippen molar-refractivity contribution in [1.29, 1.82) is 0 Å². The van der Waals surface area contributed by atoms with Gasteiger partial charge in [0.2, 0.25) is 5.82 Å². The molecule has 11 heteroatoms. The summed E-state index contributed by atoms with van der Waals surface area (Å²) in [6.45, 7) is 1.33. The van der Waals surface area contributed by atoms with Gasteiger partial charge in [-0.15, -0.1) is 10.2 Å². The highest BCUT2D eigenvalue weighted by Gasteiger charge is 2.29. The number of nitrogens with one attached hydrogen (secondary N) is 1. The summed E-state index contributed by atoms with van der Waals surface area (Å²) in [6.07, 6.45) is 3.32. The van der Waals surface area contributed by atoms with Crippen LogP contribution in [0.2, 0.25) is 0 Å². The van der Waals surface area contributed by atoms with E-state index in [0.717, 1.165) is 12.8 Å². The highest BCUT2D eigenvalue weighted by atomic mass is 19.2. The second-order valence-electron chi connectivity index (χ2n) is 6.98. The van der Waals surface area contributed by atoms with Crippen molar-refractivity contribution in [2.75, 3.05) is 43.5 Å². The van der Waals surface area contributed by atoms with Crippen molar-refractivity contribution in [2.24, 2.45) is 0 Å². The zero-order valence-electron chi connectivity index (χ0n) is 17.1. The van der Waals surface area contributed by atoms with Gasteiger partial charge in [0.05, 0.1) is 12.7 Å². The number of piperazine rings is 1. The van der Waals surface area contributed by atoms with E-state index in [1.807, 2.05) is 4.90 Å². The molecule has 0 aliphatic carbocycles. The van der Waals surface area contributed by atoms with E-state index in [-0.39, 0.29) is 13.1 Å². The number of hydrogen-bond acceptors (Lipinski definition) is 7. The Morgan fingerprint density at radius 2 is 1.72 bits per heavy atom. The minimum absolute atomic E-state index is 0.248. The first-order chi connectivity index (χ1) is 15.5. The molecule has 3 heterocycles. The van der Waals surface area contributed by atoms with Gasteiger partial charge in [0.1, 0.15) is 0 Å². The van der Waals surface area contributed by atoms with Crippen LogP contribution in [0.15, 0.2) is 42.7 Å². The molecule has 3 aromatic rings. The third kappa shape index (κ3) is 4.27. The van der Waals surface area contributed by atoms with Crippen molar-refractivity contribution in [1.82, 2.24) is 20.1 Å². The Morgan fingerprint density at radius 1 is 1.00 bits per heavy atom. The third-order valence-electron chi connectivity index (χ3n) is 5.04. The normalized spacial score (nSPS) is 13.8. The lowest BCUT2D eigenvalue weighted by Crippen LogP contribution is -2.49. The van der Waals surface area contributed by atoms with Gasteiger partial charge in [0.25, 0.3) is 5.91 Å². The number of carbonyl (C=O) groups excluding carboxylic acids is 1. The molecule has 166 valence electrons. The van der Waals surface area contributed by atoms with Gasteiger partial charge in [-0.1, -0.05) is 0 Å². The first-order valence-corrected chi connectivity index (χ1v) is 9.74. The number of amides is 1. The maximum absolute atomic E-state index is 14.4. The van der Waals surface area contributed by atoms with Gasteiger partial charge in [0, 0.05) is 44.3 Å². The van der Waals surface area contributed by atoms with Gasteiger partial charge < -0.3 is 19.9 Å². The standard InChI is InChI=1S/C21H19F3N6O2/c1-32-20-18(23)14(12-15(22)19(20)24)21(31)30-10-8-29(9-11-30)17-3-2-16(27-28-17)26-13-4-6-25-7-5-13/h2-7,12H,8-11H2,1H3,(H,25,26,27). The van der Waals surface area contributed by atoms with E-state index in [2.05, 4.69) is 25.2 Å². The lowest BCUT2D eigenvalue weighted by atomic mass is 10.1. The fourth-order valence-corrected chi connectivity index (χ4v) is 3.37. The molecule has 0 atom stereocenters. The summed E-state index contributed by atoms with van der Waals surface area (Å²) < 4.78 is 46.4. The largest absolute Gasteiger partial charge is 0.491 e. The number of anilines is 3. The number of nitrogens with zero attached hydrogens (tertiary/aromatic N) is 5. The highest BCUT2D eigenvalue weighted by molar-refractivity contribution is 5.95. The molecule has 4 rings (SSSR count). The minimum Gasteiger partial charge on any atom is -0.491 e. The fourth-order valence-electron chi connectivity index (χ4n) is 3.37. The van der Waals surface area contributed by atoms with Crippen molar-refractivity contribution in [2.45, 2.75) is 0 Å². The van der Waals surface area contributed by atoms with E-state index >= 15 is 0 Å². The van der Waals surface area contributed by atoms with Crippen LogP contribution in [0.25, 0.3) is 0 Å². The number of halogens is 3. The zero-order chi connectivity index (χ0) is 22.7. The molecule has 0 bridgehead atoms. The summed E-state index contributed by atoms with van der Waals surface area (Å²) in [5.41, 5.74) is 0.260. The Morgan fingerprint density at radius 3 is 2.34 bits per heavy atom. The van der Waals surface area contributed by atoms with E-state index in [1.165, 1.54) is 4.90 Å². The maximum Gasteiger partial charge on any atom is 0.257 e. The molecule has 0 spiro atoms. The number of benzene rings is 1. The average molecular weight is 444 g/mol. The number of aromatic nitrogens is 3. The fraction of sp³-hybridized carbons (Fsp3) is 0.238. The molecule has 1 saturated heterocycles. The van der Waals surface area contributed by atoms with Crippen LogP contribution in [0.3, 0.4) is 0 Å². The predicted octanol–water partition coefficient (Wildman–Crippen LogP) is 3.00. The maximum atomic E-state index is 14.4. The molecule has 1 aliphatic rings. The van der Waals surface area contributed by atoms with Crippen LogP contribution < -0.4 is 15.0 Å². The van der Waals surface area contributed by atoms with Crippen LogP contribution in [-0.2, 0) is 0 Å². The SMILES string of the molecule is COc1c(F)c(F)cc(C(=O)N2CCN(c3ccc(Nc4ccncc4)nn3)CC2)c1F. The summed E-state index contributed by atoms with van der Waals surface area (Å²) in [5, 5.41) is 11.5. The van der Waals surface area contributed by atoms with Gasteiger partial charge in [-0.3, -0.25) is 9.78 Å².